The molecule has 1 heterocycles. The lowest BCUT2D eigenvalue weighted by molar-refractivity contribution is -0.135. The van der Waals surface area contributed by atoms with Gasteiger partial charge in [0.25, 0.3) is 0 Å². The molecule has 0 spiro atoms. The Bertz CT molecular complexity index is 835. The number of piperazine rings is 1. The van der Waals surface area contributed by atoms with Crippen LogP contribution in [0.3, 0.4) is 0 Å². The average Bonchev–Trinajstić information content (AvgIpc) is 2.67. The summed E-state index contributed by atoms with van der Waals surface area (Å²) in [5.74, 6) is -0.778. The number of rotatable bonds is 6. The minimum Gasteiger partial charge on any atom is -0.343 e. The molecule has 1 amide bonds. The third-order valence-corrected chi connectivity index (χ3v) is 6.83. The van der Waals surface area contributed by atoms with Gasteiger partial charge in [-0.2, -0.15) is 9.57 Å². The van der Waals surface area contributed by atoms with Crippen molar-refractivity contribution in [1.29, 1.82) is 5.26 Å². The molecule has 1 aliphatic rings. The van der Waals surface area contributed by atoms with Crippen LogP contribution in [0.15, 0.2) is 23.1 Å². The zero-order chi connectivity index (χ0) is 20.2. The van der Waals surface area contributed by atoms with Gasteiger partial charge in [-0.3, -0.25) is 9.69 Å². The Hall–Kier alpha value is -1.73. The molecular weight excluding hydrogens is 395 g/mol. The molecule has 0 saturated carbocycles. The number of hydrogen-bond donors (Lipinski definition) is 0. The molecule has 0 radical (unpaired) electrons. The second-order valence-corrected chi connectivity index (χ2v) is 8.70. The summed E-state index contributed by atoms with van der Waals surface area (Å²) in [6.45, 7) is 3.36. The highest BCUT2D eigenvalue weighted by Gasteiger charge is 2.32. The summed E-state index contributed by atoms with van der Waals surface area (Å²) in [6, 6.07) is 4.93. The molecule has 0 bridgehead atoms. The van der Waals surface area contributed by atoms with Gasteiger partial charge in [-0.25, -0.2) is 12.8 Å². The van der Waals surface area contributed by atoms with Crippen molar-refractivity contribution in [3.63, 3.8) is 0 Å². The Balaban J connectivity index is 2.00. The van der Waals surface area contributed by atoms with Crippen LogP contribution in [0.2, 0.25) is 5.02 Å². The van der Waals surface area contributed by atoms with Gasteiger partial charge < -0.3 is 4.90 Å². The number of hydrogen-bond acceptors (Lipinski definition) is 5. The van der Waals surface area contributed by atoms with Crippen molar-refractivity contribution in [2.24, 2.45) is 0 Å². The van der Waals surface area contributed by atoms with E-state index in [1.54, 1.807) is 14.0 Å². The largest absolute Gasteiger partial charge is 0.343 e. The predicted molar refractivity (Wildman–Crippen MR) is 99.1 cm³/mol. The maximum absolute atomic E-state index is 13.3. The number of amides is 1. The van der Waals surface area contributed by atoms with E-state index < -0.39 is 21.9 Å². The van der Waals surface area contributed by atoms with Crippen molar-refractivity contribution in [2.75, 3.05) is 39.8 Å². The summed E-state index contributed by atoms with van der Waals surface area (Å²) in [6.07, 6.45) is 0.265. The van der Waals surface area contributed by atoms with Crippen molar-refractivity contribution >= 4 is 27.5 Å². The second kappa shape index (κ2) is 8.97. The molecular formula is C17H22ClFN4O3S. The van der Waals surface area contributed by atoms with E-state index in [-0.39, 0.29) is 35.3 Å². The monoisotopic (exact) mass is 416 g/mol. The zero-order valence-electron chi connectivity index (χ0n) is 15.2. The van der Waals surface area contributed by atoms with E-state index in [2.05, 4.69) is 0 Å². The second-order valence-electron chi connectivity index (χ2n) is 6.36. The molecule has 0 aliphatic carbocycles. The Labute approximate surface area is 164 Å². The van der Waals surface area contributed by atoms with Crippen molar-refractivity contribution < 1.29 is 17.6 Å². The highest BCUT2D eigenvalue weighted by Crippen LogP contribution is 2.23. The maximum Gasteiger partial charge on any atom is 0.243 e. The lowest BCUT2D eigenvalue weighted by atomic mass is 10.2. The lowest BCUT2D eigenvalue weighted by Gasteiger charge is -2.37. The van der Waals surface area contributed by atoms with Gasteiger partial charge >= 0.3 is 0 Å². The van der Waals surface area contributed by atoms with Crippen LogP contribution < -0.4 is 0 Å². The molecule has 2 rings (SSSR count). The first-order valence-corrected chi connectivity index (χ1v) is 10.3. The highest BCUT2D eigenvalue weighted by atomic mass is 35.5. The Kier molecular flexibility index (Phi) is 7.17. The molecule has 10 heteroatoms. The van der Waals surface area contributed by atoms with Crippen LogP contribution in [-0.2, 0) is 14.8 Å². The Morgan fingerprint density at radius 3 is 2.56 bits per heavy atom. The molecule has 0 N–H and O–H groups in total. The maximum atomic E-state index is 13.3. The van der Waals surface area contributed by atoms with Crippen molar-refractivity contribution in [3.05, 3.63) is 29.0 Å². The number of likely N-dealkylation sites (N-methyl/N-ethyl adjacent to an activating group) is 1. The SMILES string of the molecule is CC(C(=O)N(C)CCC#N)N1CCN(S(=O)(=O)c2ccc(F)c(Cl)c2)CC1. The summed E-state index contributed by atoms with van der Waals surface area (Å²) in [5.41, 5.74) is 0. The minimum absolute atomic E-state index is 0.0530. The van der Waals surface area contributed by atoms with Crippen molar-refractivity contribution in [1.82, 2.24) is 14.1 Å². The third-order valence-electron chi connectivity index (χ3n) is 4.64. The zero-order valence-corrected chi connectivity index (χ0v) is 16.8. The third kappa shape index (κ3) is 4.96. The molecule has 7 nitrogen and oxygen atoms in total. The summed E-state index contributed by atoms with van der Waals surface area (Å²) >= 11 is 5.70. The molecule has 1 aromatic rings. The molecule has 27 heavy (non-hydrogen) atoms. The Morgan fingerprint density at radius 1 is 1.37 bits per heavy atom. The van der Waals surface area contributed by atoms with E-state index >= 15 is 0 Å². The molecule has 0 aromatic heterocycles. The lowest BCUT2D eigenvalue weighted by Crippen LogP contribution is -2.55. The van der Waals surface area contributed by atoms with Crippen LogP contribution in [-0.4, -0.2) is 74.2 Å². The van der Waals surface area contributed by atoms with Gasteiger partial charge in [-0.1, -0.05) is 11.6 Å². The van der Waals surface area contributed by atoms with Gasteiger partial charge in [0.2, 0.25) is 15.9 Å². The molecule has 148 valence electrons. The van der Waals surface area contributed by atoms with Gasteiger partial charge in [0.05, 0.1) is 28.5 Å². The summed E-state index contributed by atoms with van der Waals surface area (Å²) in [4.78, 5) is 15.8. The van der Waals surface area contributed by atoms with Gasteiger partial charge in [0.1, 0.15) is 5.82 Å². The summed E-state index contributed by atoms with van der Waals surface area (Å²) in [7, 11) is -2.13. The standard InChI is InChI=1S/C17H22ClFN4O3S/c1-13(17(24)21(2)7-3-6-20)22-8-10-23(11-9-22)27(25,26)14-4-5-16(19)15(18)12-14/h4-5,12-13H,3,7-11H2,1-2H3. The first kappa shape index (κ1) is 21.6. The molecule has 1 aromatic carbocycles. The fraction of sp³-hybridized carbons (Fsp3) is 0.529. The molecule has 1 saturated heterocycles. The van der Waals surface area contributed by atoms with E-state index in [1.807, 2.05) is 11.0 Å². The van der Waals surface area contributed by atoms with Crippen LogP contribution >= 0.6 is 11.6 Å². The van der Waals surface area contributed by atoms with E-state index in [9.17, 15) is 17.6 Å². The van der Waals surface area contributed by atoms with Crippen molar-refractivity contribution in [2.45, 2.75) is 24.3 Å². The van der Waals surface area contributed by atoms with Crippen LogP contribution in [0.4, 0.5) is 4.39 Å². The van der Waals surface area contributed by atoms with Crippen molar-refractivity contribution in [3.8, 4) is 6.07 Å². The number of carbonyl (C=O) groups excluding carboxylic acids is 1. The van der Waals surface area contributed by atoms with Gasteiger partial charge in [0, 0.05) is 39.8 Å². The number of carbonyl (C=O) groups is 1. The van der Waals surface area contributed by atoms with E-state index in [0.717, 1.165) is 12.1 Å². The normalized spacial score (nSPS) is 17.3. The number of sulfonamides is 1. The number of nitriles is 1. The van der Waals surface area contributed by atoms with E-state index in [4.69, 9.17) is 16.9 Å². The molecule has 1 atom stereocenters. The van der Waals surface area contributed by atoms with Crippen LogP contribution in [0.25, 0.3) is 0 Å². The Morgan fingerprint density at radius 2 is 2.00 bits per heavy atom. The summed E-state index contributed by atoms with van der Waals surface area (Å²) in [5, 5.41) is 8.38. The number of halogens is 2. The first-order chi connectivity index (χ1) is 12.7. The van der Waals surface area contributed by atoms with Gasteiger partial charge in [-0.05, 0) is 25.1 Å². The predicted octanol–water partition coefficient (Wildman–Crippen LogP) is 1.55. The fourth-order valence-electron chi connectivity index (χ4n) is 2.92. The molecule has 1 fully saturated rings. The minimum atomic E-state index is -3.77. The smallest absolute Gasteiger partial charge is 0.243 e. The molecule has 1 aliphatic heterocycles. The average molecular weight is 417 g/mol. The van der Waals surface area contributed by atoms with E-state index in [0.29, 0.717) is 19.6 Å². The number of nitrogens with zero attached hydrogens (tertiary/aromatic N) is 4. The van der Waals surface area contributed by atoms with Crippen LogP contribution in [0.5, 0.6) is 0 Å². The quantitative estimate of drug-likeness (QED) is 0.702. The molecule has 1 unspecified atom stereocenters. The van der Waals surface area contributed by atoms with E-state index in [1.165, 1.54) is 15.3 Å². The summed E-state index contributed by atoms with van der Waals surface area (Å²) < 4.78 is 40.0. The topological polar surface area (TPSA) is 84.7 Å². The fourth-order valence-corrected chi connectivity index (χ4v) is 4.61. The van der Waals surface area contributed by atoms with Crippen LogP contribution in [0.1, 0.15) is 13.3 Å². The highest BCUT2D eigenvalue weighted by molar-refractivity contribution is 7.89. The van der Waals surface area contributed by atoms with Crippen LogP contribution in [0, 0.1) is 17.1 Å². The van der Waals surface area contributed by atoms with Gasteiger partial charge in [-0.15, -0.1) is 0 Å². The first-order valence-electron chi connectivity index (χ1n) is 8.49. The number of benzene rings is 1. The van der Waals surface area contributed by atoms with Gasteiger partial charge in [0.15, 0.2) is 0 Å².